The van der Waals surface area contributed by atoms with Gasteiger partial charge in [0.25, 0.3) is 0 Å². The van der Waals surface area contributed by atoms with E-state index in [1.165, 1.54) is 4.31 Å². The summed E-state index contributed by atoms with van der Waals surface area (Å²) in [6.45, 7) is 4.01. The van der Waals surface area contributed by atoms with Crippen LogP contribution in [0.2, 0.25) is 5.02 Å². The Morgan fingerprint density at radius 1 is 1.03 bits per heavy atom. The minimum absolute atomic E-state index is 0. The lowest BCUT2D eigenvalue weighted by Gasteiger charge is -2.28. The SMILES string of the molecule is CCCCS(=O)(=O)N(CCN(C)C)c1ccccc1NCCOc1ccc(Cl)cc1.Cl. The van der Waals surface area contributed by atoms with E-state index in [-0.39, 0.29) is 18.2 Å². The quantitative estimate of drug-likeness (QED) is 0.411. The molecule has 0 spiro atoms. The summed E-state index contributed by atoms with van der Waals surface area (Å²) in [4.78, 5) is 1.98. The van der Waals surface area contributed by atoms with Crippen LogP contribution in [0.3, 0.4) is 0 Å². The standard InChI is InChI=1S/C22H32ClN3O3S.ClH/c1-4-5-18-30(27,28)26(16-15-25(2)3)22-9-7-6-8-21(22)24-14-17-29-20-12-10-19(23)11-13-20;/h6-13,24H,4-5,14-18H2,1-3H3;1H. The fourth-order valence-electron chi connectivity index (χ4n) is 2.86. The Bertz CT molecular complexity index is 878. The molecule has 0 radical (unpaired) electrons. The van der Waals surface area contributed by atoms with Crippen LogP contribution in [0.4, 0.5) is 11.4 Å². The molecule has 174 valence electrons. The van der Waals surface area contributed by atoms with Crippen LogP contribution in [0.1, 0.15) is 19.8 Å². The molecule has 6 nitrogen and oxygen atoms in total. The molecule has 0 aromatic heterocycles. The minimum Gasteiger partial charge on any atom is -0.492 e. The number of halogens is 2. The van der Waals surface area contributed by atoms with Gasteiger partial charge >= 0.3 is 0 Å². The lowest BCUT2D eigenvalue weighted by molar-refractivity contribution is 0.333. The van der Waals surface area contributed by atoms with Gasteiger partial charge in [0, 0.05) is 24.7 Å². The van der Waals surface area contributed by atoms with E-state index in [2.05, 4.69) is 5.32 Å². The van der Waals surface area contributed by atoms with Gasteiger partial charge in [-0.2, -0.15) is 0 Å². The lowest BCUT2D eigenvalue weighted by Crippen LogP contribution is -2.38. The van der Waals surface area contributed by atoms with Gasteiger partial charge < -0.3 is 15.0 Å². The number of sulfonamides is 1. The first kappa shape index (κ1) is 27.4. The van der Waals surface area contributed by atoms with E-state index in [9.17, 15) is 8.42 Å². The number of anilines is 2. The Labute approximate surface area is 198 Å². The minimum atomic E-state index is -3.41. The number of nitrogens with zero attached hydrogens (tertiary/aromatic N) is 2. The molecule has 2 aromatic rings. The number of benzene rings is 2. The fraction of sp³-hybridized carbons (Fsp3) is 0.455. The van der Waals surface area contributed by atoms with Crippen LogP contribution in [0.15, 0.2) is 48.5 Å². The molecule has 2 aromatic carbocycles. The molecule has 0 atom stereocenters. The summed E-state index contributed by atoms with van der Waals surface area (Å²) in [6, 6.07) is 14.7. The van der Waals surface area contributed by atoms with Gasteiger partial charge in [-0.15, -0.1) is 12.4 Å². The van der Waals surface area contributed by atoms with Gasteiger partial charge in [0.15, 0.2) is 0 Å². The third kappa shape index (κ3) is 9.15. The van der Waals surface area contributed by atoms with E-state index in [0.29, 0.717) is 43.4 Å². The monoisotopic (exact) mass is 489 g/mol. The number of unbranched alkanes of at least 4 members (excludes halogenated alkanes) is 1. The van der Waals surface area contributed by atoms with Crippen molar-refractivity contribution in [1.82, 2.24) is 4.90 Å². The Kier molecular flexibility index (Phi) is 12.1. The Hall–Kier alpha value is -1.67. The van der Waals surface area contributed by atoms with Crippen molar-refractivity contribution < 1.29 is 13.2 Å². The van der Waals surface area contributed by atoms with Gasteiger partial charge in [0.2, 0.25) is 10.0 Å². The van der Waals surface area contributed by atoms with Gasteiger partial charge in [0.05, 0.1) is 17.1 Å². The molecule has 9 heteroatoms. The lowest BCUT2D eigenvalue weighted by atomic mass is 10.2. The van der Waals surface area contributed by atoms with E-state index < -0.39 is 10.0 Å². The van der Waals surface area contributed by atoms with Crippen molar-refractivity contribution in [3.8, 4) is 5.75 Å². The summed E-state index contributed by atoms with van der Waals surface area (Å²) in [5.41, 5.74) is 1.44. The molecule has 0 aliphatic carbocycles. The predicted molar refractivity (Wildman–Crippen MR) is 134 cm³/mol. The number of nitrogens with one attached hydrogen (secondary N) is 1. The van der Waals surface area contributed by atoms with Crippen LogP contribution in [-0.2, 0) is 10.0 Å². The van der Waals surface area contributed by atoms with E-state index in [4.69, 9.17) is 16.3 Å². The zero-order valence-corrected chi connectivity index (χ0v) is 20.8. The van der Waals surface area contributed by atoms with Crippen molar-refractivity contribution in [2.45, 2.75) is 19.8 Å². The van der Waals surface area contributed by atoms with Crippen molar-refractivity contribution in [2.75, 3.05) is 55.7 Å². The van der Waals surface area contributed by atoms with Gasteiger partial charge in [-0.3, -0.25) is 4.31 Å². The van der Waals surface area contributed by atoms with Crippen molar-refractivity contribution in [3.05, 3.63) is 53.6 Å². The molecule has 0 aliphatic rings. The van der Waals surface area contributed by atoms with Gasteiger partial charge in [-0.25, -0.2) is 8.42 Å². The van der Waals surface area contributed by atoms with Gasteiger partial charge in [0.1, 0.15) is 12.4 Å². The van der Waals surface area contributed by atoms with Crippen LogP contribution >= 0.6 is 24.0 Å². The van der Waals surface area contributed by atoms with E-state index in [1.54, 1.807) is 12.1 Å². The first-order valence-corrected chi connectivity index (χ1v) is 12.2. The van der Waals surface area contributed by atoms with Crippen LogP contribution in [-0.4, -0.2) is 59.4 Å². The van der Waals surface area contributed by atoms with E-state index in [0.717, 1.165) is 17.9 Å². The molecule has 0 saturated carbocycles. The van der Waals surface area contributed by atoms with Crippen LogP contribution in [0, 0.1) is 0 Å². The van der Waals surface area contributed by atoms with Gasteiger partial charge in [-0.1, -0.05) is 37.1 Å². The van der Waals surface area contributed by atoms with E-state index >= 15 is 0 Å². The maximum Gasteiger partial charge on any atom is 0.235 e. The number of hydrogen-bond acceptors (Lipinski definition) is 5. The van der Waals surface area contributed by atoms with Crippen molar-refractivity contribution in [1.29, 1.82) is 0 Å². The van der Waals surface area contributed by atoms with E-state index in [1.807, 2.05) is 62.3 Å². The summed E-state index contributed by atoms with van der Waals surface area (Å²) >= 11 is 5.89. The Morgan fingerprint density at radius 3 is 2.35 bits per heavy atom. The second kappa shape index (κ2) is 13.7. The molecule has 1 N–H and O–H groups in total. The highest BCUT2D eigenvalue weighted by Gasteiger charge is 2.24. The van der Waals surface area contributed by atoms with Crippen LogP contribution < -0.4 is 14.4 Å². The van der Waals surface area contributed by atoms with Crippen molar-refractivity contribution in [2.24, 2.45) is 0 Å². The van der Waals surface area contributed by atoms with Crippen molar-refractivity contribution in [3.63, 3.8) is 0 Å². The zero-order chi connectivity index (χ0) is 22.0. The smallest absolute Gasteiger partial charge is 0.235 e. The second-order valence-electron chi connectivity index (χ2n) is 7.29. The molecular weight excluding hydrogens is 457 g/mol. The molecule has 0 aliphatic heterocycles. The predicted octanol–water partition coefficient (Wildman–Crippen LogP) is 4.75. The highest BCUT2D eigenvalue weighted by atomic mass is 35.5. The van der Waals surface area contributed by atoms with Crippen LogP contribution in [0.25, 0.3) is 0 Å². The number of ether oxygens (including phenoxy) is 1. The summed E-state index contributed by atoms with van der Waals surface area (Å²) < 4.78 is 33.3. The highest BCUT2D eigenvalue weighted by molar-refractivity contribution is 7.92. The summed E-state index contributed by atoms with van der Waals surface area (Å²) in [6.07, 6.45) is 1.48. The van der Waals surface area contributed by atoms with Gasteiger partial charge in [-0.05, 0) is 56.9 Å². The molecule has 0 fully saturated rings. The molecule has 0 heterocycles. The summed E-state index contributed by atoms with van der Waals surface area (Å²) in [7, 11) is 0.469. The average Bonchev–Trinajstić information content (AvgIpc) is 2.71. The Balaban J connectivity index is 0.00000480. The molecule has 0 saturated heterocycles. The zero-order valence-electron chi connectivity index (χ0n) is 18.4. The van der Waals surface area contributed by atoms with Crippen molar-refractivity contribution >= 4 is 45.4 Å². The molecule has 0 bridgehead atoms. The Morgan fingerprint density at radius 2 is 1.71 bits per heavy atom. The molecule has 0 amide bonds. The number of rotatable bonds is 13. The molecule has 0 unspecified atom stereocenters. The molecular formula is C22H33Cl2N3O3S. The van der Waals surface area contributed by atoms with Crippen LogP contribution in [0.5, 0.6) is 5.75 Å². The number of hydrogen-bond donors (Lipinski definition) is 1. The average molecular weight is 490 g/mol. The highest BCUT2D eigenvalue weighted by Crippen LogP contribution is 2.28. The summed E-state index contributed by atoms with van der Waals surface area (Å²) in [5, 5.41) is 3.98. The molecule has 31 heavy (non-hydrogen) atoms. The first-order valence-electron chi connectivity index (χ1n) is 10.2. The topological polar surface area (TPSA) is 61.9 Å². The molecule has 2 rings (SSSR count). The third-order valence-corrected chi connectivity index (χ3v) is 6.62. The first-order chi connectivity index (χ1) is 14.3. The second-order valence-corrected chi connectivity index (χ2v) is 9.74. The number of para-hydroxylation sites is 2. The maximum absolute atomic E-state index is 13.0. The number of likely N-dealkylation sites (N-methyl/N-ethyl adjacent to an activating group) is 1. The summed E-state index contributed by atoms with van der Waals surface area (Å²) in [5.74, 6) is 0.884. The third-order valence-electron chi connectivity index (χ3n) is 4.51. The fourth-order valence-corrected chi connectivity index (χ4v) is 4.68. The largest absolute Gasteiger partial charge is 0.492 e. The normalized spacial score (nSPS) is 11.1. The maximum atomic E-state index is 13.0.